The maximum atomic E-state index is 12.7. The van der Waals surface area contributed by atoms with Crippen molar-refractivity contribution in [1.82, 2.24) is 9.62 Å². The summed E-state index contributed by atoms with van der Waals surface area (Å²) in [5, 5.41) is 2.81. The summed E-state index contributed by atoms with van der Waals surface area (Å²) in [6.45, 7) is 5.58. The van der Waals surface area contributed by atoms with E-state index in [1.54, 1.807) is 16.4 Å². The summed E-state index contributed by atoms with van der Waals surface area (Å²) in [6, 6.07) is 14.2. The molecule has 3 rings (SSSR count). The van der Waals surface area contributed by atoms with E-state index in [0.29, 0.717) is 31.3 Å². The third kappa shape index (κ3) is 5.81. The Labute approximate surface area is 172 Å². The molecule has 1 N–H and O–H groups in total. The number of piperidine rings is 1. The minimum Gasteiger partial charge on any atom is -0.484 e. The minimum atomic E-state index is -3.48. The van der Waals surface area contributed by atoms with E-state index in [1.807, 2.05) is 31.2 Å². The Morgan fingerprint density at radius 1 is 1.14 bits per heavy atom. The summed E-state index contributed by atoms with van der Waals surface area (Å²) in [7, 11) is -3.48. The summed E-state index contributed by atoms with van der Waals surface area (Å²) >= 11 is 0. The van der Waals surface area contributed by atoms with E-state index >= 15 is 0 Å². The van der Waals surface area contributed by atoms with Gasteiger partial charge in [-0.05, 0) is 55.5 Å². The van der Waals surface area contributed by atoms with Gasteiger partial charge < -0.3 is 10.1 Å². The van der Waals surface area contributed by atoms with E-state index in [2.05, 4.69) is 12.2 Å². The number of aryl methyl sites for hydroxylation is 1. The summed E-state index contributed by atoms with van der Waals surface area (Å²) in [4.78, 5) is 12.2. The van der Waals surface area contributed by atoms with E-state index in [1.165, 1.54) is 12.1 Å². The number of carbonyl (C=O) groups excluding carboxylic acids is 1. The average molecular weight is 417 g/mol. The first-order valence-electron chi connectivity index (χ1n) is 9.90. The van der Waals surface area contributed by atoms with Gasteiger partial charge in [-0.3, -0.25) is 4.79 Å². The molecule has 0 atom stereocenters. The average Bonchev–Trinajstić information content (AvgIpc) is 2.71. The second-order valence-corrected chi connectivity index (χ2v) is 9.55. The van der Waals surface area contributed by atoms with Gasteiger partial charge in [0.25, 0.3) is 5.91 Å². The lowest BCUT2D eigenvalue weighted by molar-refractivity contribution is -0.123. The zero-order valence-electron chi connectivity index (χ0n) is 16.9. The molecule has 0 radical (unpaired) electrons. The highest BCUT2D eigenvalue weighted by Crippen LogP contribution is 2.24. The second kappa shape index (κ2) is 9.41. The first-order chi connectivity index (χ1) is 13.8. The first kappa shape index (κ1) is 21.3. The maximum Gasteiger partial charge on any atom is 0.258 e. The molecule has 1 aliphatic rings. The van der Waals surface area contributed by atoms with Crippen LogP contribution in [0, 0.1) is 12.8 Å². The highest BCUT2D eigenvalue weighted by molar-refractivity contribution is 7.89. The van der Waals surface area contributed by atoms with E-state index in [4.69, 9.17) is 4.74 Å². The number of amides is 1. The number of nitrogens with one attached hydrogen (secondary N) is 1. The maximum absolute atomic E-state index is 12.7. The number of hydrogen-bond donors (Lipinski definition) is 1. The number of carbonyl (C=O) groups is 1. The van der Waals surface area contributed by atoms with E-state index in [-0.39, 0.29) is 17.4 Å². The highest BCUT2D eigenvalue weighted by atomic mass is 32.2. The molecule has 29 heavy (non-hydrogen) atoms. The number of hydrogen-bond acceptors (Lipinski definition) is 4. The van der Waals surface area contributed by atoms with Crippen LogP contribution in [-0.4, -0.2) is 38.3 Å². The molecule has 0 spiro atoms. The predicted octanol–water partition coefficient (Wildman–Crippen LogP) is 3.11. The number of rotatable bonds is 7. The van der Waals surface area contributed by atoms with Gasteiger partial charge in [0, 0.05) is 19.6 Å². The quantitative estimate of drug-likeness (QED) is 0.753. The topological polar surface area (TPSA) is 75.7 Å². The van der Waals surface area contributed by atoms with Crippen molar-refractivity contribution in [3.63, 3.8) is 0 Å². The SMILES string of the molecule is Cc1cccc(CNC(=O)COc2ccc(S(=O)(=O)N3CCC(C)CC3)cc2)c1. The lowest BCUT2D eigenvalue weighted by atomic mass is 10.0. The molecular weight excluding hydrogens is 388 g/mol. The molecule has 1 aliphatic heterocycles. The Kier molecular flexibility index (Phi) is 6.92. The molecule has 2 aromatic rings. The molecule has 6 nitrogen and oxygen atoms in total. The first-order valence-corrected chi connectivity index (χ1v) is 11.3. The van der Waals surface area contributed by atoms with Crippen LogP contribution in [0.1, 0.15) is 30.9 Å². The van der Waals surface area contributed by atoms with Gasteiger partial charge in [-0.15, -0.1) is 0 Å². The second-order valence-electron chi connectivity index (χ2n) is 7.61. The minimum absolute atomic E-state index is 0.123. The number of ether oxygens (including phenoxy) is 1. The van der Waals surface area contributed by atoms with Crippen molar-refractivity contribution < 1.29 is 17.9 Å². The summed E-state index contributed by atoms with van der Waals surface area (Å²) in [6.07, 6.45) is 1.77. The Morgan fingerprint density at radius 2 is 1.83 bits per heavy atom. The fraction of sp³-hybridized carbons (Fsp3) is 0.409. The van der Waals surface area contributed by atoms with Crippen LogP contribution in [0.15, 0.2) is 53.4 Å². The summed E-state index contributed by atoms with van der Waals surface area (Å²) in [5.41, 5.74) is 2.17. The van der Waals surface area contributed by atoms with E-state index in [9.17, 15) is 13.2 Å². The molecule has 1 amide bonds. The van der Waals surface area contributed by atoms with Crippen LogP contribution in [0.3, 0.4) is 0 Å². The van der Waals surface area contributed by atoms with Crippen LogP contribution in [0.5, 0.6) is 5.75 Å². The highest BCUT2D eigenvalue weighted by Gasteiger charge is 2.27. The van der Waals surface area contributed by atoms with Gasteiger partial charge in [0.15, 0.2) is 6.61 Å². The Balaban J connectivity index is 1.50. The third-order valence-corrected chi connectivity index (χ3v) is 7.06. The van der Waals surface area contributed by atoms with Gasteiger partial charge in [0.2, 0.25) is 10.0 Å². The van der Waals surface area contributed by atoms with Crippen LogP contribution in [-0.2, 0) is 21.4 Å². The molecular formula is C22H28N2O4S. The molecule has 156 valence electrons. The Hall–Kier alpha value is -2.38. The molecule has 0 aliphatic carbocycles. The fourth-order valence-corrected chi connectivity index (χ4v) is 4.77. The lowest BCUT2D eigenvalue weighted by Crippen LogP contribution is -2.37. The smallest absolute Gasteiger partial charge is 0.258 e. The lowest BCUT2D eigenvalue weighted by Gasteiger charge is -2.29. The molecule has 0 aromatic heterocycles. The zero-order chi connectivity index (χ0) is 20.9. The van der Waals surface area contributed by atoms with Crippen LogP contribution >= 0.6 is 0 Å². The molecule has 0 bridgehead atoms. The van der Waals surface area contributed by atoms with Gasteiger partial charge >= 0.3 is 0 Å². The van der Waals surface area contributed by atoms with Gasteiger partial charge in [0.05, 0.1) is 4.90 Å². The van der Waals surface area contributed by atoms with Crippen molar-refractivity contribution in [1.29, 1.82) is 0 Å². The van der Waals surface area contributed by atoms with Crippen LogP contribution in [0.2, 0.25) is 0 Å². The zero-order valence-corrected chi connectivity index (χ0v) is 17.7. The van der Waals surface area contributed by atoms with Crippen LogP contribution < -0.4 is 10.1 Å². The number of sulfonamides is 1. The van der Waals surface area contributed by atoms with Crippen LogP contribution in [0.4, 0.5) is 0 Å². The van der Waals surface area contributed by atoms with Crippen molar-refractivity contribution in [3.8, 4) is 5.75 Å². The number of benzene rings is 2. The normalized spacial score (nSPS) is 15.8. The van der Waals surface area contributed by atoms with Gasteiger partial charge in [-0.1, -0.05) is 36.8 Å². The number of nitrogens with zero attached hydrogens (tertiary/aromatic N) is 1. The Bertz CT molecular complexity index is 934. The van der Waals surface area contributed by atoms with Crippen molar-refractivity contribution >= 4 is 15.9 Å². The van der Waals surface area contributed by atoms with E-state index < -0.39 is 10.0 Å². The van der Waals surface area contributed by atoms with Crippen molar-refractivity contribution in [2.75, 3.05) is 19.7 Å². The van der Waals surface area contributed by atoms with Crippen molar-refractivity contribution in [3.05, 3.63) is 59.7 Å². The van der Waals surface area contributed by atoms with Crippen molar-refractivity contribution in [2.24, 2.45) is 5.92 Å². The Morgan fingerprint density at radius 3 is 2.48 bits per heavy atom. The molecule has 1 heterocycles. The van der Waals surface area contributed by atoms with Gasteiger partial charge in [0.1, 0.15) is 5.75 Å². The standard InChI is InChI=1S/C22H28N2O4S/c1-17-10-12-24(13-11-17)29(26,27)21-8-6-20(7-9-21)28-16-22(25)23-15-19-5-3-4-18(2)14-19/h3-9,14,17H,10-13,15-16H2,1-2H3,(H,23,25). The predicted molar refractivity (Wildman–Crippen MR) is 112 cm³/mol. The van der Waals surface area contributed by atoms with Gasteiger partial charge in [-0.2, -0.15) is 4.31 Å². The van der Waals surface area contributed by atoms with Crippen LogP contribution in [0.25, 0.3) is 0 Å². The fourth-order valence-electron chi connectivity index (χ4n) is 3.30. The molecule has 7 heteroatoms. The molecule has 0 saturated carbocycles. The monoisotopic (exact) mass is 416 g/mol. The van der Waals surface area contributed by atoms with Gasteiger partial charge in [-0.25, -0.2) is 8.42 Å². The largest absolute Gasteiger partial charge is 0.484 e. The van der Waals surface area contributed by atoms with Crippen molar-refractivity contribution in [2.45, 2.75) is 38.1 Å². The molecule has 2 aromatic carbocycles. The summed E-state index contributed by atoms with van der Waals surface area (Å²) < 4.78 is 32.5. The molecule has 1 fully saturated rings. The summed E-state index contributed by atoms with van der Waals surface area (Å²) in [5.74, 6) is 0.793. The molecule has 0 unspecified atom stereocenters. The van der Waals surface area contributed by atoms with E-state index in [0.717, 1.165) is 24.0 Å². The third-order valence-electron chi connectivity index (χ3n) is 5.15. The molecule has 1 saturated heterocycles.